The molecule has 82 valence electrons. The third kappa shape index (κ3) is 7.79. The maximum atomic E-state index is 10.5. The van der Waals surface area contributed by atoms with Crippen LogP contribution in [0.25, 0.3) is 0 Å². The lowest BCUT2D eigenvalue weighted by Crippen LogP contribution is -2.14. The van der Waals surface area contributed by atoms with E-state index in [1.54, 1.807) is 0 Å². The summed E-state index contributed by atoms with van der Waals surface area (Å²) in [5.74, 6) is -2.00. The first-order valence-corrected chi connectivity index (χ1v) is 7.98. The van der Waals surface area contributed by atoms with Gasteiger partial charge in [0.25, 0.3) is 0 Å². The first-order chi connectivity index (χ1) is 6.41. The summed E-state index contributed by atoms with van der Waals surface area (Å²) in [4.78, 5) is 20.9. The highest BCUT2D eigenvalue weighted by atomic mass is 28.3. The molecule has 0 heterocycles. The van der Waals surface area contributed by atoms with Crippen LogP contribution in [0.2, 0.25) is 19.1 Å². The highest BCUT2D eigenvalue weighted by Gasteiger charge is 2.17. The van der Waals surface area contributed by atoms with Gasteiger partial charge in [0, 0.05) is 21.6 Å². The molecule has 0 aromatic heterocycles. The van der Waals surface area contributed by atoms with Crippen molar-refractivity contribution in [2.24, 2.45) is 5.92 Å². The molecule has 0 spiro atoms. The van der Waals surface area contributed by atoms with Crippen LogP contribution in [0.1, 0.15) is 19.3 Å². The Morgan fingerprint density at radius 1 is 1.14 bits per heavy atom. The Labute approximate surface area is 85.5 Å². The van der Waals surface area contributed by atoms with Crippen LogP contribution in [0.15, 0.2) is 0 Å². The molecule has 0 aliphatic rings. The molecule has 0 bridgehead atoms. The van der Waals surface area contributed by atoms with E-state index in [1.165, 1.54) is 0 Å². The first kappa shape index (κ1) is 13.2. The summed E-state index contributed by atoms with van der Waals surface area (Å²) in [6.07, 6.45) is 0.698. The smallest absolute Gasteiger partial charge is 0.303 e. The fraction of sp³-hybridized carbons (Fsp3) is 0.778. The molecule has 14 heavy (non-hydrogen) atoms. The average molecular weight is 218 g/mol. The van der Waals surface area contributed by atoms with E-state index < -0.39 is 20.7 Å². The van der Waals surface area contributed by atoms with Crippen molar-refractivity contribution in [1.82, 2.24) is 0 Å². The number of aliphatic carboxylic acids is 2. The molecular weight excluding hydrogens is 200 g/mol. The van der Waals surface area contributed by atoms with Gasteiger partial charge < -0.3 is 10.2 Å². The van der Waals surface area contributed by atoms with Gasteiger partial charge in [-0.3, -0.25) is 9.59 Å². The van der Waals surface area contributed by atoms with E-state index in [0.717, 1.165) is 12.5 Å². The van der Waals surface area contributed by atoms with Crippen molar-refractivity contribution in [3.63, 3.8) is 0 Å². The maximum absolute atomic E-state index is 10.5. The molecule has 0 aliphatic carbocycles. The molecule has 0 rings (SSSR count). The predicted octanol–water partition coefficient (Wildman–Crippen LogP) is 1.43. The van der Waals surface area contributed by atoms with Crippen molar-refractivity contribution in [1.29, 1.82) is 0 Å². The van der Waals surface area contributed by atoms with Gasteiger partial charge >= 0.3 is 11.9 Å². The van der Waals surface area contributed by atoms with Crippen molar-refractivity contribution < 1.29 is 19.8 Å². The monoisotopic (exact) mass is 218 g/mol. The van der Waals surface area contributed by atoms with E-state index in [-0.39, 0.29) is 18.8 Å². The second kappa shape index (κ2) is 6.59. The Hall–Kier alpha value is -0.843. The Bertz CT molecular complexity index is 187. The Kier molecular flexibility index (Phi) is 6.19. The molecule has 0 radical (unpaired) electrons. The fourth-order valence-electron chi connectivity index (χ4n) is 1.34. The minimum Gasteiger partial charge on any atom is -0.481 e. The highest BCUT2D eigenvalue weighted by Crippen LogP contribution is 2.17. The Morgan fingerprint density at radius 3 is 1.86 bits per heavy atom. The van der Waals surface area contributed by atoms with Crippen molar-refractivity contribution >= 4 is 20.7 Å². The molecule has 0 atom stereocenters. The Balaban J connectivity index is 3.96. The minimum atomic E-state index is -0.901. The number of carbonyl (C=O) groups is 2. The van der Waals surface area contributed by atoms with Gasteiger partial charge in [0.1, 0.15) is 0 Å². The highest BCUT2D eigenvalue weighted by molar-refractivity contribution is 6.55. The Morgan fingerprint density at radius 2 is 1.57 bits per heavy atom. The van der Waals surface area contributed by atoms with Crippen LogP contribution in [-0.4, -0.2) is 30.9 Å². The van der Waals surface area contributed by atoms with Crippen LogP contribution in [0.5, 0.6) is 0 Å². The summed E-state index contributed by atoms with van der Waals surface area (Å²) in [5.41, 5.74) is 0. The molecule has 5 heteroatoms. The standard InChI is InChI=1S/C9H18O4Si/c1-14(2)4-3-7(5-8(10)11)6-9(12)13/h7,14H,3-6H2,1-2H3,(H,10,11)(H,12,13). The van der Waals surface area contributed by atoms with Crippen molar-refractivity contribution in [2.45, 2.75) is 38.4 Å². The number of carboxylic acids is 2. The first-order valence-electron chi connectivity index (χ1n) is 4.85. The number of rotatable bonds is 7. The summed E-state index contributed by atoms with van der Waals surface area (Å²) < 4.78 is 0. The van der Waals surface area contributed by atoms with Crippen LogP contribution in [0.4, 0.5) is 0 Å². The predicted molar refractivity (Wildman–Crippen MR) is 56.3 cm³/mol. The van der Waals surface area contributed by atoms with E-state index in [0.29, 0.717) is 0 Å². The molecule has 0 saturated carbocycles. The molecule has 0 aliphatic heterocycles. The topological polar surface area (TPSA) is 74.6 Å². The third-order valence-electron chi connectivity index (χ3n) is 2.08. The molecular formula is C9H18O4Si. The molecule has 2 N–H and O–H groups in total. The second-order valence-corrected chi connectivity index (χ2v) is 7.40. The van der Waals surface area contributed by atoms with Crippen LogP contribution in [0.3, 0.4) is 0 Å². The largest absolute Gasteiger partial charge is 0.481 e. The van der Waals surface area contributed by atoms with Crippen molar-refractivity contribution in [3.8, 4) is 0 Å². The number of hydrogen-bond acceptors (Lipinski definition) is 2. The normalized spacial score (nSPS) is 10.9. The van der Waals surface area contributed by atoms with E-state index in [1.807, 2.05) is 0 Å². The van der Waals surface area contributed by atoms with Gasteiger partial charge in [-0.1, -0.05) is 25.6 Å². The number of carboxylic acid groups (broad SMARTS) is 2. The third-order valence-corrected chi connectivity index (χ3v) is 3.57. The van der Waals surface area contributed by atoms with Crippen LogP contribution in [-0.2, 0) is 9.59 Å². The van der Waals surface area contributed by atoms with Gasteiger partial charge in [-0.2, -0.15) is 0 Å². The second-order valence-electron chi connectivity index (χ2n) is 4.03. The lowest BCUT2D eigenvalue weighted by molar-refractivity contribution is -0.140. The van der Waals surface area contributed by atoms with E-state index in [9.17, 15) is 9.59 Å². The van der Waals surface area contributed by atoms with Gasteiger partial charge in [-0.25, -0.2) is 0 Å². The lowest BCUT2D eigenvalue weighted by Gasteiger charge is -2.12. The molecule has 0 aromatic carbocycles. The molecule has 0 aromatic rings. The van der Waals surface area contributed by atoms with Gasteiger partial charge in [-0.05, 0) is 5.92 Å². The zero-order valence-corrected chi connectivity index (χ0v) is 9.85. The summed E-state index contributed by atoms with van der Waals surface area (Å²) in [5, 5.41) is 17.2. The summed E-state index contributed by atoms with van der Waals surface area (Å²) >= 11 is 0. The van der Waals surface area contributed by atoms with Gasteiger partial charge in [0.15, 0.2) is 0 Å². The van der Waals surface area contributed by atoms with E-state index in [2.05, 4.69) is 13.1 Å². The van der Waals surface area contributed by atoms with Crippen molar-refractivity contribution in [2.75, 3.05) is 0 Å². The van der Waals surface area contributed by atoms with Gasteiger partial charge in [0.05, 0.1) is 0 Å². The summed E-state index contributed by atoms with van der Waals surface area (Å²) in [6.45, 7) is 4.36. The van der Waals surface area contributed by atoms with Crippen LogP contribution < -0.4 is 0 Å². The SMILES string of the molecule is C[SiH](C)CCC(CC(=O)O)CC(=O)O. The summed E-state index contributed by atoms with van der Waals surface area (Å²) in [7, 11) is -0.703. The summed E-state index contributed by atoms with van der Waals surface area (Å²) in [6, 6.07) is 1.02. The fourth-order valence-corrected chi connectivity index (χ4v) is 2.48. The van der Waals surface area contributed by atoms with Crippen molar-refractivity contribution in [3.05, 3.63) is 0 Å². The van der Waals surface area contributed by atoms with Gasteiger partial charge in [-0.15, -0.1) is 0 Å². The van der Waals surface area contributed by atoms with Gasteiger partial charge in [0.2, 0.25) is 0 Å². The molecule has 0 fully saturated rings. The molecule has 0 unspecified atom stereocenters. The van der Waals surface area contributed by atoms with E-state index in [4.69, 9.17) is 10.2 Å². The zero-order valence-electron chi connectivity index (χ0n) is 8.69. The van der Waals surface area contributed by atoms with Crippen LogP contribution >= 0.6 is 0 Å². The number of hydrogen-bond donors (Lipinski definition) is 2. The average Bonchev–Trinajstić information content (AvgIpc) is 1.97. The lowest BCUT2D eigenvalue weighted by atomic mass is 9.99. The van der Waals surface area contributed by atoms with Crippen LogP contribution in [0, 0.1) is 5.92 Å². The quantitative estimate of drug-likeness (QED) is 0.634. The van der Waals surface area contributed by atoms with E-state index >= 15 is 0 Å². The minimum absolute atomic E-state index is 0.0204. The molecule has 0 saturated heterocycles. The zero-order chi connectivity index (χ0) is 11.1. The molecule has 0 amide bonds. The molecule has 4 nitrogen and oxygen atoms in total. The maximum Gasteiger partial charge on any atom is 0.303 e.